The molecule has 3 aromatic rings. The van der Waals surface area contributed by atoms with Gasteiger partial charge in [-0.2, -0.15) is 0 Å². The highest BCUT2D eigenvalue weighted by atomic mass is 32.2. The van der Waals surface area contributed by atoms with Gasteiger partial charge in [0.25, 0.3) is 0 Å². The smallest absolute Gasteiger partial charge is 0.185 e. The van der Waals surface area contributed by atoms with Crippen molar-refractivity contribution in [1.82, 2.24) is 19.1 Å². The molecule has 0 aliphatic rings. The number of thioether (sulfide) groups is 2. The van der Waals surface area contributed by atoms with E-state index in [4.69, 9.17) is 0 Å². The molecule has 218 valence electrons. The van der Waals surface area contributed by atoms with Gasteiger partial charge in [0.05, 0.1) is 12.7 Å². The zero-order valence-electron chi connectivity index (χ0n) is 24.4. The first-order valence-corrected chi connectivity index (χ1v) is 16.8. The maximum absolute atomic E-state index is 11.6. The monoisotopic (exact) mass is 582 g/mol. The summed E-state index contributed by atoms with van der Waals surface area (Å²) in [5.41, 5.74) is 5.69. The van der Waals surface area contributed by atoms with Crippen molar-refractivity contribution in [2.75, 3.05) is 11.5 Å². The van der Waals surface area contributed by atoms with Crippen LogP contribution in [0.1, 0.15) is 87.5 Å². The largest absolute Gasteiger partial charge is 0.337 e. The number of imidazole rings is 2. The summed E-state index contributed by atoms with van der Waals surface area (Å²) in [6.45, 7) is 5.37. The number of aromatic nitrogens is 4. The first-order chi connectivity index (χ1) is 19.5. The number of unbranched alkanes of at least 4 members (excludes halogenated alkanes) is 6. The summed E-state index contributed by atoms with van der Waals surface area (Å²) in [4.78, 5) is 31.4. The fourth-order valence-electron chi connectivity index (χ4n) is 5.10. The van der Waals surface area contributed by atoms with Crippen molar-refractivity contribution in [2.45, 2.75) is 104 Å². The number of carbonyl (C=O) groups is 2. The fraction of sp³-hybridized carbons (Fsp3) is 0.562. The number of hydrogen-bond donors (Lipinski definition) is 0. The molecule has 0 spiro atoms. The summed E-state index contributed by atoms with van der Waals surface area (Å²) in [5.74, 6) is 1.62. The van der Waals surface area contributed by atoms with Gasteiger partial charge in [0, 0.05) is 63.2 Å². The van der Waals surface area contributed by atoms with Crippen LogP contribution >= 0.6 is 23.5 Å². The van der Waals surface area contributed by atoms with Gasteiger partial charge in [0.1, 0.15) is 0 Å². The lowest BCUT2D eigenvalue weighted by molar-refractivity contribution is -0.109. The van der Waals surface area contributed by atoms with Crippen molar-refractivity contribution in [3.63, 3.8) is 0 Å². The second-order valence-corrected chi connectivity index (χ2v) is 13.0. The first-order valence-electron chi connectivity index (χ1n) is 14.8. The van der Waals surface area contributed by atoms with Gasteiger partial charge in [-0.05, 0) is 73.6 Å². The predicted octanol–water partition coefficient (Wildman–Crippen LogP) is 7.33. The normalized spacial score (nSPS) is 11.2. The molecular formula is C32H46N4O2S2. The van der Waals surface area contributed by atoms with Crippen LogP contribution in [0.15, 0.2) is 49.6 Å². The Bertz CT molecular complexity index is 1040. The van der Waals surface area contributed by atoms with E-state index in [-0.39, 0.29) is 10.2 Å². The zero-order chi connectivity index (χ0) is 28.4. The lowest BCUT2D eigenvalue weighted by atomic mass is 9.90. The van der Waals surface area contributed by atoms with E-state index in [1.165, 1.54) is 97.1 Å². The number of carbonyl (C=O) groups excluding carboxylic acids is 2. The van der Waals surface area contributed by atoms with E-state index in [2.05, 4.69) is 31.2 Å². The third-order valence-electron chi connectivity index (χ3n) is 7.22. The summed E-state index contributed by atoms with van der Waals surface area (Å²) in [6, 6.07) is 4.88. The van der Waals surface area contributed by atoms with Gasteiger partial charge in [0.2, 0.25) is 0 Å². The first kappa shape index (κ1) is 32.2. The van der Waals surface area contributed by atoms with E-state index in [1.54, 1.807) is 13.8 Å². The Morgan fingerprint density at radius 1 is 0.600 bits per heavy atom. The minimum absolute atomic E-state index is 0.175. The Labute approximate surface area is 249 Å². The summed E-state index contributed by atoms with van der Waals surface area (Å²) >= 11 is 2.82. The zero-order valence-corrected chi connectivity index (χ0v) is 26.0. The quantitative estimate of drug-likeness (QED) is 0.130. The number of nitrogens with zero attached hydrogens (tertiary/aromatic N) is 4. The van der Waals surface area contributed by atoms with Gasteiger partial charge in [-0.25, -0.2) is 9.97 Å². The summed E-state index contributed by atoms with van der Waals surface area (Å²) in [6.07, 6.45) is 25.2. The third-order valence-corrected chi connectivity index (χ3v) is 8.85. The maximum Gasteiger partial charge on any atom is 0.185 e. The number of hydrogen-bond acceptors (Lipinski definition) is 6. The van der Waals surface area contributed by atoms with Crippen LogP contribution in [0.5, 0.6) is 0 Å². The highest BCUT2D eigenvalue weighted by Gasteiger charge is 2.12. The van der Waals surface area contributed by atoms with Crippen LogP contribution in [-0.4, -0.2) is 40.8 Å². The van der Waals surface area contributed by atoms with Gasteiger partial charge in [0.15, 0.2) is 10.2 Å². The van der Waals surface area contributed by atoms with E-state index in [0.29, 0.717) is 0 Å². The molecule has 0 aliphatic carbocycles. The van der Waals surface area contributed by atoms with Crippen molar-refractivity contribution in [2.24, 2.45) is 0 Å². The molecule has 0 amide bonds. The summed E-state index contributed by atoms with van der Waals surface area (Å²) in [7, 11) is 0. The van der Waals surface area contributed by atoms with Gasteiger partial charge in [-0.3, -0.25) is 9.59 Å². The molecule has 1 aromatic carbocycles. The van der Waals surface area contributed by atoms with Gasteiger partial charge in [-0.15, -0.1) is 0 Å². The molecule has 6 nitrogen and oxygen atoms in total. The number of benzene rings is 1. The second-order valence-electron chi connectivity index (χ2n) is 10.5. The molecule has 0 fully saturated rings. The average Bonchev–Trinajstić information content (AvgIpc) is 3.64. The van der Waals surface area contributed by atoms with Crippen LogP contribution in [0.25, 0.3) is 0 Å². The molecule has 2 heterocycles. The highest BCUT2D eigenvalue weighted by molar-refractivity contribution is 8.13. The van der Waals surface area contributed by atoms with Crippen molar-refractivity contribution < 1.29 is 9.59 Å². The molecule has 0 atom stereocenters. The molecule has 2 aromatic heterocycles. The average molecular weight is 583 g/mol. The Balaban J connectivity index is 1.60. The van der Waals surface area contributed by atoms with Crippen molar-refractivity contribution in [3.8, 4) is 0 Å². The van der Waals surface area contributed by atoms with Crippen LogP contribution in [0, 0.1) is 0 Å². The summed E-state index contributed by atoms with van der Waals surface area (Å²) < 4.78 is 4.31. The van der Waals surface area contributed by atoms with Gasteiger partial charge < -0.3 is 9.13 Å². The molecule has 8 heteroatoms. The highest BCUT2D eigenvalue weighted by Crippen LogP contribution is 2.25. The fourth-order valence-corrected chi connectivity index (χ4v) is 6.32. The minimum Gasteiger partial charge on any atom is -0.337 e. The van der Waals surface area contributed by atoms with Crippen LogP contribution in [0.3, 0.4) is 0 Å². The lowest BCUT2D eigenvalue weighted by Gasteiger charge is -2.17. The Kier molecular flexibility index (Phi) is 15.2. The van der Waals surface area contributed by atoms with Crippen molar-refractivity contribution in [3.05, 3.63) is 71.8 Å². The molecule has 0 bridgehead atoms. The molecule has 0 N–H and O–H groups in total. The van der Waals surface area contributed by atoms with E-state index in [1.807, 2.05) is 37.4 Å². The molecular weight excluding hydrogens is 537 g/mol. The molecule has 0 saturated carbocycles. The van der Waals surface area contributed by atoms with E-state index in [9.17, 15) is 9.59 Å². The minimum atomic E-state index is 0.175. The Morgan fingerprint density at radius 2 is 1.00 bits per heavy atom. The molecule has 40 heavy (non-hydrogen) atoms. The third kappa shape index (κ3) is 12.9. The van der Waals surface area contributed by atoms with Crippen LogP contribution in [-0.2, 0) is 48.4 Å². The van der Waals surface area contributed by atoms with Gasteiger partial charge in [-0.1, -0.05) is 61.3 Å². The van der Waals surface area contributed by atoms with Crippen LogP contribution < -0.4 is 0 Å². The number of rotatable bonds is 20. The van der Waals surface area contributed by atoms with E-state index >= 15 is 0 Å². The van der Waals surface area contributed by atoms with Crippen molar-refractivity contribution >= 4 is 33.8 Å². The second kappa shape index (κ2) is 18.9. The molecule has 0 aliphatic heterocycles. The Morgan fingerprint density at radius 3 is 1.38 bits per heavy atom. The van der Waals surface area contributed by atoms with E-state index < -0.39 is 0 Å². The van der Waals surface area contributed by atoms with Crippen LogP contribution in [0.4, 0.5) is 0 Å². The Hall–Kier alpha value is -2.32. The standard InChI is InChI=1S/C32H46N4O2S2/c1-27(37)39-21-13-31-23-29(11-7-3-5-9-17-35-19-15-33-25-35)30(24-32(31)14-22-40-28(2)38)12-8-4-6-10-18-36-20-16-34-26-36/h15-16,19-20,23-26H,3-14,17-18,21-22H2,1-2H3. The molecule has 3 rings (SSSR count). The van der Waals surface area contributed by atoms with Gasteiger partial charge >= 0.3 is 0 Å². The molecule has 0 saturated heterocycles. The lowest BCUT2D eigenvalue weighted by Crippen LogP contribution is -2.06. The van der Waals surface area contributed by atoms with Crippen LogP contribution in [0.2, 0.25) is 0 Å². The maximum atomic E-state index is 11.6. The topological polar surface area (TPSA) is 69.8 Å². The predicted molar refractivity (Wildman–Crippen MR) is 169 cm³/mol. The number of aryl methyl sites for hydroxylation is 6. The van der Waals surface area contributed by atoms with Crippen molar-refractivity contribution in [1.29, 1.82) is 0 Å². The van der Waals surface area contributed by atoms with E-state index in [0.717, 1.165) is 50.3 Å². The summed E-state index contributed by atoms with van der Waals surface area (Å²) in [5, 5.41) is 0.350. The molecule has 0 radical (unpaired) electrons. The molecule has 0 unspecified atom stereocenters. The SMILES string of the molecule is CC(=O)SCCc1cc(CCCCCCn2ccnc2)c(CCCCCCn2ccnc2)cc1CCSC(C)=O.